The molecule has 0 bridgehead atoms. The second kappa shape index (κ2) is 10.2. The minimum absolute atomic E-state index is 0.00605. The fourth-order valence-electron chi connectivity index (χ4n) is 5.07. The molecule has 2 aromatic heterocycles. The summed E-state index contributed by atoms with van der Waals surface area (Å²) in [5.41, 5.74) is 2.35. The highest BCUT2D eigenvalue weighted by Crippen LogP contribution is 2.38. The third-order valence-electron chi connectivity index (χ3n) is 7.06. The van der Waals surface area contributed by atoms with Gasteiger partial charge in [-0.1, -0.05) is 24.3 Å². The molecule has 8 atom stereocenters. The number of H-pyrrole nitrogens is 1. The van der Waals surface area contributed by atoms with Crippen LogP contribution in [0.5, 0.6) is 0 Å². The maximum absolute atomic E-state index is 12.1. The fraction of sp³-hybridized carbons (Fsp3) is 0.385. The van der Waals surface area contributed by atoms with Gasteiger partial charge in [0.2, 0.25) is 6.29 Å². The van der Waals surface area contributed by atoms with Gasteiger partial charge >= 0.3 is 5.97 Å². The quantitative estimate of drug-likeness (QED) is 0.249. The summed E-state index contributed by atoms with van der Waals surface area (Å²) in [6, 6.07) is 9.70. The lowest BCUT2D eigenvalue weighted by Crippen LogP contribution is -2.60. The molecule has 1 fully saturated rings. The predicted octanol–water partition coefficient (Wildman–Crippen LogP) is 0.818. The second-order valence-corrected chi connectivity index (χ2v) is 9.19. The minimum atomic E-state index is -1.64. The highest BCUT2D eigenvalue weighted by molar-refractivity contribution is 6.07. The summed E-state index contributed by atoms with van der Waals surface area (Å²) in [7, 11) is 0. The molecule has 0 spiro atoms. The topological polar surface area (TPSA) is 175 Å². The molecule has 0 aliphatic carbocycles. The summed E-state index contributed by atoms with van der Waals surface area (Å²) in [5.74, 6) is -2.57. The van der Waals surface area contributed by atoms with Gasteiger partial charge in [-0.05, 0) is 18.6 Å². The molecule has 0 radical (unpaired) electrons. The van der Waals surface area contributed by atoms with Crippen molar-refractivity contribution in [1.82, 2.24) is 9.97 Å². The molecule has 0 amide bonds. The van der Waals surface area contributed by atoms with Crippen molar-refractivity contribution in [1.29, 1.82) is 0 Å². The third kappa shape index (κ3) is 4.50. The summed E-state index contributed by atoms with van der Waals surface area (Å²) in [4.78, 5) is 20.0. The number of rotatable bonds is 7. The lowest BCUT2D eigenvalue weighted by atomic mass is 9.80. The van der Waals surface area contributed by atoms with E-state index in [1.807, 2.05) is 30.3 Å². The Labute approximate surface area is 211 Å². The van der Waals surface area contributed by atoms with Gasteiger partial charge in [0, 0.05) is 34.3 Å². The molecule has 1 saturated heterocycles. The Balaban J connectivity index is 1.46. The number of fused-ring (bicyclic) bond motifs is 3. The number of nitrogens with one attached hydrogen (secondary N) is 1. The number of aromatic amines is 1. The van der Waals surface area contributed by atoms with Crippen molar-refractivity contribution in [2.45, 2.75) is 43.4 Å². The van der Waals surface area contributed by atoms with Crippen LogP contribution in [0.1, 0.15) is 5.69 Å². The molecule has 2 aliphatic rings. The Kier molecular flexibility index (Phi) is 6.99. The lowest BCUT2D eigenvalue weighted by molar-refractivity contribution is -0.339. The predicted molar refractivity (Wildman–Crippen MR) is 130 cm³/mol. The van der Waals surface area contributed by atoms with E-state index in [1.165, 1.54) is 6.08 Å². The van der Waals surface area contributed by atoms with Gasteiger partial charge < -0.3 is 44.7 Å². The molecule has 196 valence electrons. The molecule has 0 saturated carbocycles. The first-order chi connectivity index (χ1) is 17.8. The maximum atomic E-state index is 12.1. The van der Waals surface area contributed by atoms with Crippen LogP contribution >= 0.6 is 0 Å². The van der Waals surface area contributed by atoms with E-state index in [0.29, 0.717) is 5.69 Å². The molecule has 4 heterocycles. The van der Waals surface area contributed by atoms with E-state index in [2.05, 4.69) is 16.5 Å². The number of aliphatic hydroxyl groups excluding tert-OH is 4. The van der Waals surface area contributed by atoms with Crippen molar-refractivity contribution < 1.29 is 44.5 Å². The van der Waals surface area contributed by atoms with E-state index in [1.54, 1.807) is 6.20 Å². The highest BCUT2D eigenvalue weighted by Gasteiger charge is 2.47. The van der Waals surface area contributed by atoms with E-state index in [9.17, 15) is 30.3 Å². The average Bonchev–Trinajstić information content (AvgIpc) is 3.28. The summed E-state index contributed by atoms with van der Waals surface area (Å²) < 4.78 is 16.8. The number of ether oxygens (including phenoxy) is 3. The zero-order valence-corrected chi connectivity index (χ0v) is 19.7. The van der Waals surface area contributed by atoms with Crippen molar-refractivity contribution in [2.24, 2.45) is 11.8 Å². The van der Waals surface area contributed by atoms with Gasteiger partial charge in [-0.25, -0.2) is 4.79 Å². The lowest BCUT2D eigenvalue weighted by Gasteiger charge is -2.43. The van der Waals surface area contributed by atoms with Crippen LogP contribution in [0.2, 0.25) is 0 Å². The fourth-order valence-corrected chi connectivity index (χ4v) is 5.07. The van der Waals surface area contributed by atoms with Gasteiger partial charge in [-0.15, -0.1) is 6.58 Å². The van der Waals surface area contributed by atoms with Crippen LogP contribution in [-0.2, 0) is 25.4 Å². The number of para-hydroxylation sites is 1. The second-order valence-electron chi connectivity index (χ2n) is 9.19. The number of hydrogen-bond donors (Lipinski definition) is 6. The number of benzene rings is 1. The Morgan fingerprint density at radius 2 is 1.89 bits per heavy atom. The summed E-state index contributed by atoms with van der Waals surface area (Å²) >= 11 is 0. The van der Waals surface area contributed by atoms with Crippen LogP contribution in [-0.4, -0.2) is 85.1 Å². The van der Waals surface area contributed by atoms with Crippen LogP contribution in [0, 0.1) is 11.8 Å². The minimum Gasteiger partial charge on any atom is -0.478 e. The summed E-state index contributed by atoms with van der Waals surface area (Å²) in [6.45, 7) is 3.23. The molecule has 6 N–H and O–H groups in total. The first-order valence-electron chi connectivity index (χ1n) is 11.9. The molecule has 3 aromatic rings. The summed E-state index contributed by atoms with van der Waals surface area (Å²) in [6.07, 6.45) is -4.12. The SMILES string of the molecule is C=C[C@H]1[C@@H](O[C@@H]2O[C@H](CO)[C@H](O)[C@H](O)[C@H]2O)OC=C(C(=O)O)[C@@H]1Cc1nccc2c1[nH]c1ccccc12. The molecular formula is C26H28N2O9. The number of pyridine rings is 1. The number of aliphatic carboxylic acids is 1. The number of nitrogens with zero attached hydrogens (tertiary/aromatic N) is 1. The van der Waals surface area contributed by atoms with Crippen LogP contribution in [0.3, 0.4) is 0 Å². The first-order valence-corrected chi connectivity index (χ1v) is 11.9. The molecular weight excluding hydrogens is 484 g/mol. The smallest absolute Gasteiger partial charge is 0.335 e. The Bertz CT molecular complexity index is 1340. The number of aliphatic hydroxyl groups is 4. The normalized spacial score (nSPS) is 32.2. The van der Waals surface area contributed by atoms with E-state index in [-0.39, 0.29) is 12.0 Å². The Morgan fingerprint density at radius 1 is 1.11 bits per heavy atom. The Morgan fingerprint density at radius 3 is 2.62 bits per heavy atom. The van der Waals surface area contributed by atoms with Crippen LogP contribution < -0.4 is 0 Å². The average molecular weight is 513 g/mol. The highest BCUT2D eigenvalue weighted by atomic mass is 16.8. The molecule has 2 aliphatic heterocycles. The van der Waals surface area contributed by atoms with Crippen LogP contribution in [0.4, 0.5) is 0 Å². The molecule has 11 nitrogen and oxygen atoms in total. The molecule has 0 unspecified atom stereocenters. The zero-order valence-electron chi connectivity index (χ0n) is 19.7. The first kappa shape index (κ1) is 25.3. The van der Waals surface area contributed by atoms with Gasteiger partial charge in [0.05, 0.1) is 29.7 Å². The van der Waals surface area contributed by atoms with Crippen molar-refractivity contribution >= 4 is 27.8 Å². The third-order valence-corrected chi connectivity index (χ3v) is 7.06. The number of carboxylic acid groups (broad SMARTS) is 1. The van der Waals surface area contributed by atoms with Crippen LogP contribution in [0.25, 0.3) is 21.8 Å². The Hall–Kier alpha value is -3.32. The van der Waals surface area contributed by atoms with E-state index < -0.39 is 61.4 Å². The largest absolute Gasteiger partial charge is 0.478 e. The number of carbonyl (C=O) groups is 1. The van der Waals surface area contributed by atoms with Gasteiger partial charge in [0.1, 0.15) is 24.4 Å². The summed E-state index contributed by atoms with van der Waals surface area (Å²) in [5, 5.41) is 51.9. The van der Waals surface area contributed by atoms with Crippen LogP contribution in [0.15, 0.2) is 61.0 Å². The monoisotopic (exact) mass is 512 g/mol. The number of hydrogen-bond acceptors (Lipinski definition) is 9. The number of carboxylic acids is 1. The molecule has 37 heavy (non-hydrogen) atoms. The van der Waals surface area contributed by atoms with Crippen molar-refractivity contribution in [3.8, 4) is 0 Å². The molecule has 11 heteroatoms. The van der Waals surface area contributed by atoms with Crippen molar-refractivity contribution in [2.75, 3.05) is 6.61 Å². The van der Waals surface area contributed by atoms with Crippen molar-refractivity contribution in [3.05, 3.63) is 66.7 Å². The standard InChI is InChI=1S/C26H28N2O9/c1-2-12-15(9-18-20-14(7-8-27-18)13-5-3-4-6-17(13)28-20)16(24(33)34)11-35-25(12)37-26-23(32)22(31)21(30)19(10-29)36-26/h2-8,11-12,15,19,21-23,25-26,28-32H,1,9-10H2,(H,33,34)/t12-,15-,19-,21+,22+,23-,25-,26+/m1/s1. The number of aromatic nitrogens is 2. The van der Waals surface area contributed by atoms with Gasteiger partial charge in [-0.2, -0.15) is 0 Å². The van der Waals surface area contributed by atoms with Gasteiger partial charge in [0.25, 0.3) is 0 Å². The molecule has 1 aromatic carbocycles. The van der Waals surface area contributed by atoms with E-state index in [0.717, 1.165) is 28.1 Å². The van der Waals surface area contributed by atoms with Gasteiger partial charge in [0.15, 0.2) is 6.29 Å². The van der Waals surface area contributed by atoms with Gasteiger partial charge in [-0.3, -0.25) is 4.98 Å². The van der Waals surface area contributed by atoms with E-state index in [4.69, 9.17) is 14.2 Å². The molecule has 5 rings (SSSR count). The van der Waals surface area contributed by atoms with Crippen molar-refractivity contribution in [3.63, 3.8) is 0 Å². The zero-order chi connectivity index (χ0) is 26.3. The maximum Gasteiger partial charge on any atom is 0.335 e. The van der Waals surface area contributed by atoms with E-state index >= 15 is 0 Å².